The molecule has 0 bridgehead atoms. The largest absolute Gasteiger partial charge is 0.496 e. The number of carbonyl (C=O) groups excluding carboxylic acids is 1. The maximum atomic E-state index is 12.9. The fourth-order valence-electron chi connectivity index (χ4n) is 3.44. The van der Waals surface area contributed by atoms with Crippen LogP contribution in [0.1, 0.15) is 32.7 Å². The molecule has 1 aliphatic rings. The SMILES string of the molecule is COc1ccc(C(=O)Nc2nnn(Cc3ccncc3)c2C)c2c1CNCC2. The lowest BCUT2D eigenvalue weighted by Crippen LogP contribution is -2.27. The number of nitrogens with zero attached hydrogens (tertiary/aromatic N) is 4. The number of aromatic nitrogens is 4. The van der Waals surface area contributed by atoms with Gasteiger partial charge in [-0.2, -0.15) is 0 Å². The number of pyridine rings is 1. The molecule has 28 heavy (non-hydrogen) atoms. The summed E-state index contributed by atoms with van der Waals surface area (Å²) in [6, 6.07) is 7.51. The number of methoxy groups -OCH3 is 1. The normalized spacial score (nSPS) is 13.1. The third-order valence-electron chi connectivity index (χ3n) is 5.00. The molecule has 0 aliphatic carbocycles. The van der Waals surface area contributed by atoms with Gasteiger partial charge < -0.3 is 15.4 Å². The number of nitrogens with one attached hydrogen (secondary N) is 2. The van der Waals surface area contributed by atoms with Crippen molar-refractivity contribution < 1.29 is 9.53 Å². The van der Waals surface area contributed by atoms with Gasteiger partial charge in [-0.1, -0.05) is 5.21 Å². The quantitative estimate of drug-likeness (QED) is 0.705. The standard InChI is InChI=1S/C20H22N6O2/c1-13-19(24-25-26(13)12-14-5-8-21-9-6-14)23-20(27)16-3-4-18(28-2)17-11-22-10-7-15(16)17/h3-6,8-9,22H,7,10-12H2,1-2H3,(H,23,27). The van der Waals surface area contributed by atoms with Crippen molar-refractivity contribution in [2.24, 2.45) is 0 Å². The number of carbonyl (C=O) groups is 1. The molecule has 2 N–H and O–H groups in total. The van der Waals surface area contributed by atoms with Crippen LogP contribution in [0.5, 0.6) is 5.75 Å². The second-order valence-electron chi connectivity index (χ2n) is 6.69. The summed E-state index contributed by atoms with van der Waals surface area (Å²) in [5.74, 6) is 1.09. The number of ether oxygens (including phenoxy) is 1. The Morgan fingerprint density at radius 1 is 1.25 bits per heavy atom. The average molecular weight is 378 g/mol. The van der Waals surface area contributed by atoms with Gasteiger partial charge in [0.05, 0.1) is 19.3 Å². The van der Waals surface area contributed by atoms with E-state index >= 15 is 0 Å². The number of benzene rings is 1. The van der Waals surface area contributed by atoms with Crippen LogP contribution in [0, 0.1) is 6.92 Å². The highest BCUT2D eigenvalue weighted by Gasteiger charge is 2.22. The van der Waals surface area contributed by atoms with E-state index in [2.05, 4.69) is 25.9 Å². The Bertz CT molecular complexity index is 999. The molecule has 0 saturated heterocycles. The predicted octanol–water partition coefficient (Wildman–Crippen LogP) is 1.94. The van der Waals surface area contributed by atoms with E-state index in [1.54, 1.807) is 24.2 Å². The van der Waals surface area contributed by atoms with E-state index in [1.807, 2.05) is 31.2 Å². The summed E-state index contributed by atoms with van der Waals surface area (Å²) in [5, 5.41) is 14.6. The van der Waals surface area contributed by atoms with Gasteiger partial charge in [0.15, 0.2) is 5.82 Å². The molecule has 8 heteroatoms. The van der Waals surface area contributed by atoms with Gasteiger partial charge >= 0.3 is 0 Å². The van der Waals surface area contributed by atoms with Crippen molar-refractivity contribution in [3.63, 3.8) is 0 Å². The first-order valence-electron chi connectivity index (χ1n) is 9.17. The number of fused-ring (bicyclic) bond motifs is 1. The molecule has 0 radical (unpaired) electrons. The summed E-state index contributed by atoms with van der Waals surface area (Å²) in [7, 11) is 1.65. The molecule has 8 nitrogen and oxygen atoms in total. The van der Waals surface area contributed by atoms with Crippen molar-refractivity contribution in [1.82, 2.24) is 25.3 Å². The smallest absolute Gasteiger partial charge is 0.257 e. The van der Waals surface area contributed by atoms with Crippen LogP contribution < -0.4 is 15.4 Å². The number of hydrogen-bond acceptors (Lipinski definition) is 6. The number of amides is 1. The third-order valence-corrected chi connectivity index (χ3v) is 5.00. The van der Waals surface area contributed by atoms with Gasteiger partial charge in [-0.3, -0.25) is 9.78 Å². The first-order chi connectivity index (χ1) is 13.7. The van der Waals surface area contributed by atoms with Gasteiger partial charge in [0.2, 0.25) is 0 Å². The molecule has 0 spiro atoms. The number of anilines is 1. The molecule has 0 unspecified atom stereocenters. The predicted molar refractivity (Wildman–Crippen MR) is 104 cm³/mol. The van der Waals surface area contributed by atoms with Gasteiger partial charge in [0, 0.05) is 30.1 Å². The van der Waals surface area contributed by atoms with Gasteiger partial charge in [-0.25, -0.2) is 4.68 Å². The Morgan fingerprint density at radius 2 is 2.07 bits per heavy atom. The highest BCUT2D eigenvalue weighted by Crippen LogP contribution is 2.28. The van der Waals surface area contributed by atoms with E-state index in [0.29, 0.717) is 24.5 Å². The molecule has 0 fully saturated rings. The fraction of sp³-hybridized carbons (Fsp3) is 0.300. The average Bonchev–Trinajstić information content (AvgIpc) is 3.07. The Labute approximate surface area is 162 Å². The van der Waals surface area contributed by atoms with E-state index in [4.69, 9.17) is 4.74 Å². The van der Waals surface area contributed by atoms with Crippen LogP contribution in [-0.4, -0.2) is 39.5 Å². The van der Waals surface area contributed by atoms with E-state index in [9.17, 15) is 4.79 Å². The minimum atomic E-state index is -0.181. The van der Waals surface area contributed by atoms with Crippen LogP contribution in [0.4, 0.5) is 5.82 Å². The molecule has 144 valence electrons. The summed E-state index contributed by atoms with van der Waals surface area (Å²) < 4.78 is 7.21. The van der Waals surface area contributed by atoms with Crippen molar-refractivity contribution in [1.29, 1.82) is 0 Å². The number of rotatable bonds is 5. The summed E-state index contributed by atoms with van der Waals surface area (Å²) in [6.07, 6.45) is 4.26. The van der Waals surface area contributed by atoms with E-state index in [0.717, 1.165) is 41.1 Å². The van der Waals surface area contributed by atoms with Crippen molar-refractivity contribution in [2.45, 2.75) is 26.4 Å². The zero-order valence-electron chi connectivity index (χ0n) is 15.9. The highest BCUT2D eigenvalue weighted by atomic mass is 16.5. The lowest BCUT2D eigenvalue weighted by Gasteiger charge is -2.22. The van der Waals surface area contributed by atoms with Crippen LogP contribution in [0.15, 0.2) is 36.7 Å². The highest BCUT2D eigenvalue weighted by molar-refractivity contribution is 6.05. The van der Waals surface area contributed by atoms with Gasteiger partial charge in [0.1, 0.15) is 5.75 Å². The van der Waals surface area contributed by atoms with Crippen LogP contribution in [0.3, 0.4) is 0 Å². The van der Waals surface area contributed by atoms with Crippen LogP contribution in [0.2, 0.25) is 0 Å². The van der Waals surface area contributed by atoms with Crippen molar-refractivity contribution in [2.75, 3.05) is 19.0 Å². The topological polar surface area (TPSA) is 94.0 Å². The molecule has 0 atom stereocenters. The molecule has 3 aromatic rings. The summed E-state index contributed by atoms with van der Waals surface area (Å²) in [4.78, 5) is 17.0. The van der Waals surface area contributed by atoms with E-state index < -0.39 is 0 Å². The van der Waals surface area contributed by atoms with Crippen LogP contribution in [-0.2, 0) is 19.5 Å². The minimum Gasteiger partial charge on any atom is -0.496 e. The summed E-state index contributed by atoms with van der Waals surface area (Å²) in [5.41, 5.74) is 4.59. The molecule has 2 aromatic heterocycles. The minimum absolute atomic E-state index is 0.181. The molecule has 1 amide bonds. The van der Waals surface area contributed by atoms with E-state index in [-0.39, 0.29) is 5.91 Å². The second-order valence-corrected chi connectivity index (χ2v) is 6.69. The molecular formula is C20H22N6O2. The molecule has 1 aromatic carbocycles. The van der Waals surface area contributed by atoms with Crippen molar-refractivity contribution >= 4 is 11.7 Å². The fourth-order valence-corrected chi connectivity index (χ4v) is 3.44. The Balaban J connectivity index is 1.56. The summed E-state index contributed by atoms with van der Waals surface area (Å²) >= 11 is 0. The zero-order valence-corrected chi connectivity index (χ0v) is 15.9. The maximum absolute atomic E-state index is 12.9. The second kappa shape index (κ2) is 7.77. The molecule has 3 heterocycles. The zero-order chi connectivity index (χ0) is 19.5. The monoisotopic (exact) mass is 378 g/mol. The van der Waals surface area contributed by atoms with E-state index in [1.165, 1.54) is 0 Å². The Kier molecular flexibility index (Phi) is 5.03. The maximum Gasteiger partial charge on any atom is 0.257 e. The van der Waals surface area contributed by atoms with Gasteiger partial charge in [-0.15, -0.1) is 5.10 Å². The van der Waals surface area contributed by atoms with Crippen LogP contribution >= 0.6 is 0 Å². The molecular weight excluding hydrogens is 356 g/mol. The number of hydrogen-bond donors (Lipinski definition) is 2. The Morgan fingerprint density at radius 3 is 2.86 bits per heavy atom. The van der Waals surface area contributed by atoms with Gasteiger partial charge in [-0.05, 0) is 55.3 Å². The first kappa shape index (κ1) is 18.1. The summed E-state index contributed by atoms with van der Waals surface area (Å²) in [6.45, 7) is 3.99. The first-order valence-corrected chi connectivity index (χ1v) is 9.17. The van der Waals surface area contributed by atoms with Crippen LogP contribution in [0.25, 0.3) is 0 Å². The molecule has 0 saturated carbocycles. The lowest BCUT2D eigenvalue weighted by atomic mass is 9.94. The lowest BCUT2D eigenvalue weighted by molar-refractivity contribution is 0.102. The van der Waals surface area contributed by atoms with Gasteiger partial charge in [0.25, 0.3) is 5.91 Å². The third kappa shape index (κ3) is 3.46. The van der Waals surface area contributed by atoms with Crippen molar-refractivity contribution in [3.8, 4) is 5.75 Å². The Hall–Kier alpha value is -3.26. The van der Waals surface area contributed by atoms with Crippen molar-refractivity contribution in [3.05, 3.63) is 64.6 Å². The molecule has 1 aliphatic heterocycles. The molecule has 4 rings (SSSR count).